The van der Waals surface area contributed by atoms with Crippen molar-refractivity contribution in [2.45, 2.75) is 0 Å². The summed E-state index contributed by atoms with van der Waals surface area (Å²) in [5.74, 6) is -1.35. The number of nitro groups is 1. The highest BCUT2D eigenvalue weighted by molar-refractivity contribution is 9.10. The molecular formula is C14H11BrN2O6. The van der Waals surface area contributed by atoms with Crippen LogP contribution in [-0.2, 0) is 9.47 Å². The van der Waals surface area contributed by atoms with Crippen molar-refractivity contribution < 1.29 is 24.0 Å². The molecule has 2 aromatic rings. The fourth-order valence-electron chi connectivity index (χ4n) is 2.04. The Kier molecular flexibility index (Phi) is 4.80. The van der Waals surface area contributed by atoms with Gasteiger partial charge in [0.2, 0.25) is 0 Å². The number of halogens is 1. The maximum atomic E-state index is 11.8. The molecule has 0 atom stereocenters. The fraction of sp³-hybridized carbons (Fsp3) is 0.143. The maximum absolute atomic E-state index is 11.8. The maximum Gasteiger partial charge on any atom is 0.355 e. The summed E-state index contributed by atoms with van der Waals surface area (Å²) in [7, 11) is 2.39. The van der Waals surface area contributed by atoms with Crippen LogP contribution in [0.4, 0.5) is 5.69 Å². The van der Waals surface area contributed by atoms with E-state index >= 15 is 0 Å². The molecule has 0 spiro atoms. The topological polar surface area (TPSA) is 101 Å². The monoisotopic (exact) mass is 382 g/mol. The van der Waals surface area contributed by atoms with E-state index in [2.05, 4.69) is 25.4 Å². The molecule has 0 saturated carbocycles. The van der Waals surface area contributed by atoms with Crippen LogP contribution >= 0.6 is 15.9 Å². The van der Waals surface area contributed by atoms with Crippen LogP contribution in [0.3, 0.4) is 0 Å². The van der Waals surface area contributed by atoms with Gasteiger partial charge in [-0.3, -0.25) is 10.1 Å². The van der Waals surface area contributed by atoms with Gasteiger partial charge < -0.3 is 14.0 Å². The van der Waals surface area contributed by atoms with Crippen LogP contribution in [0.1, 0.15) is 20.8 Å². The van der Waals surface area contributed by atoms with Crippen LogP contribution in [0.25, 0.3) is 5.69 Å². The lowest BCUT2D eigenvalue weighted by atomic mass is 10.1. The largest absolute Gasteiger partial charge is 0.465 e. The number of nitro benzene ring substituents is 1. The van der Waals surface area contributed by atoms with E-state index in [0.717, 1.165) is 6.07 Å². The lowest BCUT2D eigenvalue weighted by Gasteiger charge is -2.11. The number of carbonyl (C=O) groups is 2. The summed E-state index contributed by atoms with van der Waals surface area (Å²) in [6.07, 6.45) is 1.48. The third kappa shape index (κ3) is 3.09. The second-order valence-electron chi connectivity index (χ2n) is 4.33. The van der Waals surface area contributed by atoms with Crippen molar-refractivity contribution in [2.75, 3.05) is 14.2 Å². The standard InChI is InChI=1S/C14H11BrN2O6/c1-22-13(18)8-6-9(15)12(11(7-8)17(20)21)16-5-3-4-10(16)14(19)23-2/h3-7H,1-2H3. The average molecular weight is 383 g/mol. The summed E-state index contributed by atoms with van der Waals surface area (Å²) in [4.78, 5) is 34.1. The molecule has 1 aromatic carbocycles. The molecule has 2 rings (SSSR count). The second kappa shape index (κ2) is 6.61. The van der Waals surface area contributed by atoms with E-state index in [9.17, 15) is 19.7 Å². The first kappa shape index (κ1) is 16.7. The summed E-state index contributed by atoms with van der Waals surface area (Å²) < 4.78 is 10.8. The van der Waals surface area contributed by atoms with Crippen LogP contribution in [0, 0.1) is 10.1 Å². The molecular weight excluding hydrogens is 372 g/mol. The minimum Gasteiger partial charge on any atom is -0.465 e. The minimum atomic E-state index is -0.707. The molecule has 0 saturated heterocycles. The third-order valence-corrected chi connectivity index (χ3v) is 3.65. The SMILES string of the molecule is COC(=O)c1cc(Br)c(-n2cccc2C(=O)OC)c([N+](=O)[O-])c1. The van der Waals surface area contributed by atoms with Crippen LogP contribution in [0.5, 0.6) is 0 Å². The highest BCUT2D eigenvalue weighted by Crippen LogP contribution is 2.34. The molecule has 9 heteroatoms. The third-order valence-electron chi connectivity index (χ3n) is 3.05. The number of aromatic nitrogens is 1. The molecule has 0 bridgehead atoms. The lowest BCUT2D eigenvalue weighted by Crippen LogP contribution is -2.11. The molecule has 1 heterocycles. The number of rotatable bonds is 4. The molecule has 1 aromatic heterocycles. The van der Waals surface area contributed by atoms with Gasteiger partial charge in [-0.2, -0.15) is 0 Å². The van der Waals surface area contributed by atoms with Gasteiger partial charge in [-0.05, 0) is 34.1 Å². The number of benzene rings is 1. The Hall–Kier alpha value is -2.68. The number of ether oxygens (including phenoxy) is 2. The first-order chi connectivity index (χ1) is 10.9. The predicted octanol–water partition coefficient (Wildman–Crippen LogP) is 2.72. The molecule has 23 heavy (non-hydrogen) atoms. The Labute approximate surface area is 138 Å². The molecule has 0 aliphatic rings. The van der Waals surface area contributed by atoms with Gasteiger partial charge >= 0.3 is 11.9 Å². The van der Waals surface area contributed by atoms with Crippen LogP contribution in [0.2, 0.25) is 0 Å². The number of esters is 2. The molecule has 0 unspecified atom stereocenters. The van der Waals surface area contributed by atoms with Crippen LogP contribution in [-0.4, -0.2) is 35.6 Å². The molecule has 8 nitrogen and oxygen atoms in total. The summed E-state index contributed by atoms with van der Waals surface area (Å²) in [5, 5.41) is 11.4. The van der Waals surface area contributed by atoms with E-state index in [-0.39, 0.29) is 27.1 Å². The van der Waals surface area contributed by atoms with Crippen molar-refractivity contribution in [1.82, 2.24) is 4.57 Å². The number of carbonyl (C=O) groups excluding carboxylic acids is 2. The first-order valence-corrected chi connectivity index (χ1v) is 7.02. The summed E-state index contributed by atoms with van der Waals surface area (Å²) in [6, 6.07) is 5.50. The van der Waals surface area contributed by atoms with Gasteiger partial charge in [0.1, 0.15) is 11.4 Å². The van der Waals surface area contributed by atoms with E-state index in [1.54, 1.807) is 6.07 Å². The van der Waals surface area contributed by atoms with E-state index in [0.29, 0.717) is 0 Å². The van der Waals surface area contributed by atoms with E-state index in [1.165, 1.54) is 37.1 Å². The van der Waals surface area contributed by atoms with Gasteiger partial charge in [0.05, 0.1) is 24.7 Å². The van der Waals surface area contributed by atoms with Crippen molar-refractivity contribution in [1.29, 1.82) is 0 Å². The Bertz CT molecular complexity index is 799. The molecule has 0 amide bonds. The Balaban J connectivity index is 2.73. The zero-order valence-corrected chi connectivity index (χ0v) is 13.7. The zero-order chi connectivity index (χ0) is 17.1. The van der Waals surface area contributed by atoms with Gasteiger partial charge in [0.25, 0.3) is 5.69 Å². The van der Waals surface area contributed by atoms with Crippen LogP contribution in [0.15, 0.2) is 34.9 Å². The normalized spacial score (nSPS) is 10.2. The van der Waals surface area contributed by atoms with Gasteiger partial charge in [0.15, 0.2) is 0 Å². The highest BCUT2D eigenvalue weighted by Gasteiger charge is 2.25. The van der Waals surface area contributed by atoms with Crippen molar-refractivity contribution in [3.63, 3.8) is 0 Å². The summed E-state index contributed by atoms with van der Waals surface area (Å²) in [5.41, 5.74) is -0.127. The fourth-order valence-corrected chi connectivity index (χ4v) is 2.69. The Morgan fingerprint density at radius 2 is 1.87 bits per heavy atom. The number of hydrogen-bond acceptors (Lipinski definition) is 6. The summed E-state index contributed by atoms with van der Waals surface area (Å²) in [6.45, 7) is 0. The molecule has 120 valence electrons. The lowest BCUT2D eigenvalue weighted by molar-refractivity contribution is -0.384. The number of hydrogen-bond donors (Lipinski definition) is 0. The highest BCUT2D eigenvalue weighted by atomic mass is 79.9. The predicted molar refractivity (Wildman–Crippen MR) is 82.8 cm³/mol. The summed E-state index contributed by atoms with van der Waals surface area (Å²) >= 11 is 3.21. The van der Waals surface area contributed by atoms with E-state index in [4.69, 9.17) is 0 Å². The molecule has 0 N–H and O–H groups in total. The molecule has 0 aliphatic heterocycles. The molecule has 0 fully saturated rings. The van der Waals surface area contributed by atoms with Gasteiger partial charge in [-0.1, -0.05) is 0 Å². The molecule has 0 aliphatic carbocycles. The van der Waals surface area contributed by atoms with Crippen molar-refractivity contribution in [3.05, 3.63) is 56.3 Å². The second-order valence-corrected chi connectivity index (χ2v) is 5.18. The van der Waals surface area contributed by atoms with Crippen molar-refractivity contribution in [3.8, 4) is 5.69 Å². The van der Waals surface area contributed by atoms with E-state index in [1.807, 2.05) is 0 Å². The first-order valence-electron chi connectivity index (χ1n) is 6.23. The number of nitrogens with zero attached hydrogens (tertiary/aromatic N) is 2. The van der Waals surface area contributed by atoms with Gasteiger partial charge in [-0.25, -0.2) is 9.59 Å². The quantitative estimate of drug-likeness (QED) is 0.457. The van der Waals surface area contributed by atoms with Crippen LogP contribution < -0.4 is 0 Å². The van der Waals surface area contributed by atoms with Crippen molar-refractivity contribution in [2.24, 2.45) is 0 Å². The molecule has 0 radical (unpaired) electrons. The van der Waals surface area contributed by atoms with Gasteiger partial charge in [0, 0.05) is 16.7 Å². The van der Waals surface area contributed by atoms with Crippen molar-refractivity contribution >= 4 is 33.6 Å². The zero-order valence-electron chi connectivity index (χ0n) is 12.1. The Morgan fingerprint density at radius 1 is 1.22 bits per heavy atom. The minimum absolute atomic E-state index is 0.0154. The van der Waals surface area contributed by atoms with E-state index < -0.39 is 16.9 Å². The smallest absolute Gasteiger partial charge is 0.355 e. The van der Waals surface area contributed by atoms with Gasteiger partial charge in [-0.15, -0.1) is 0 Å². The Morgan fingerprint density at radius 3 is 2.43 bits per heavy atom. The number of methoxy groups -OCH3 is 2. The average Bonchev–Trinajstić information content (AvgIpc) is 3.01.